The van der Waals surface area contributed by atoms with Crippen molar-refractivity contribution in [3.63, 3.8) is 0 Å². The van der Waals surface area contributed by atoms with Crippen LogP contribution in [0.25, 0.3) is 5.57 Å². The molecule has 3 aromatic rings. The maximum absolute atomic E-state index is 11.4. The number of benzene rings is 3. The van der Waals surface area contributed by atoms with Gasteiger partial charge in [-0.25, -0.2) is 0 Å². The van der Waals surface area contributed by atoms with Gasteiger partial charge in [0.1, 0.15) is 15.1 Å². The summed E-state index contributed by atoms with van der Waals surface area (Å²) in [4.78, 5) is 12.6. The number of hydrogen-bond donors (Lipinski definition) is 0. The van der Waals surface area contributed by atoms with Gasteiger partial charge < -0.3 is 4.74 Å². The van der Waals surface area contributed by atoms with Crippen molar-refractivity contribution >= 4 is 49.4 Å². The zero-order valence-corrected chi connectivity index (χ0v) is 19.7. The van der Waals surface area contributed by atoms with E-state index in [4.69, 9.17) is 12.6 Å². The minimum absolute atomic E-state index is 0.173. The average molecular weight is 437 g/mol. The molecule has 32 heavy (non-hydrogen) atoms. The summed E-state index contributed by atoms with van der Waals surface area (Å²) in [5, 5.41) is 0. The van der Waals surface area contributed by atoms with Gasteiger partial charge >= 0.3 is 5.97 Å². The molecule has 0 aliphatic rings. The smallest absolute Gasteiger partial charge is 0.305 e. The van der Waals surface area contributed by atoms with Crippen LogP contribution in [0.4, 0.5) is 0 Å². The number of hydrogen-bond acceptors (Lipinski definition) is 3. The Labute approximate surface area is 198 Å². The molecule has 2 nitrogen and oxygen atoms in total. The van der Waals surface area contributed by atoms with E-state index >= 15 is 0 Å². The standard InChI is InChI=1S/C27H27B2O2S/c1-19-18-25(14-8-20(19)9-15-27(30)31-3)32-17-16-26(21-4-10-23(28)11-5-21)22-6-12-24(29-2)13-7-22/h4-8,10-14,16,18H,9,15,17H2,1-3H3/b26-16+. The zero-order chi connectivity index (χ0) is 22.9. The van der Waals surface area contributed by atoms with Crippen LogP contribution in [0, 0.1) is 6.92 Å². The fourth-order valence-corrected chi connectivity index (χ4v) is 4.39. The van der Waals surface area contributed by atoms with Crippen molar-refractivity contribution in [1.82, 2.24) is 0 Å². The lowest BCUT2D eigenvalue weighted by molar-refractivity contribution is -0.140. The van der Waals surface area contributed by atoms with Crippen LogP contribution in [0.3, 0.4) is 0 Å². The Kier molecular flexibility index (Phi) is 8.87. The minimum atomic E-state index is -0.173. The van der Waals surface area contributed by atoms with Gasteiger partial charge in [0, 0.05) is 17.1 Å². The Morgan fingerprint density at radius 3 is 2.28 bits per heavy atom. The van der Waals surface area contributed by atoms with E-state index in [1.165, 1.54) is 39.7 Å². The number of thioether (sulfide) groups is 1. The van der Waals surface area contributed by atoms with Gasteiger partial charge in [-0.3, -0.25) is 4.79 Å². The number of aryl methyl sites for hydroxylation is 2. The van der Waals surface area contributed by atoms with E-state index in [0.29, 0.717) is 12.8 Å². The Hall–Kier alpha value is -2.65. The van der Waals surface area contributed by atoms with E-state index < -0.39 is 0 Å². The van der Waals surface area contributed by atoms with Gasteiger partial charge in [-0.2, -0.15) is 0 Å². The molecule has 5 heteroatoms. The third-order valence-electron chi connectivity index (χ3n) is 5.45. The second-order valence-electron chi connectivity index (χ2n) is 7.63. The maximum Gasteiger partial charge on any atom is 0.305 e. The van der Waals surface area contributed by atoms with Crippen LogP contribution in [0.15, 0.2) is 77.7 Å². The molecule has 3 radical (unpaired) electrons. The third kappa shape index (κ3) is 6.67. The average Bonchev–Trinajstić information content (AvgIpc) is 2.82. The molecule has 3 aromatic carbocycles. The van der Waals surface area contributed by atoms with Crippen molar-refractivity contribution in [3.8, 4) is 0 Å². The van der Waals surface area contributed by atoms with Crippen molar-refractivity contribution < 1.29 is 9.53 Å². The Bertz CT molecular complexity index is 1070. The molecule has 0 aliphatic carbocycles. The predicted octanol–water partition coefficient (Wildman–Crippen LogP) is 4.50. The van der Waals surface area contributed by atoms with Crippen LogP contribution in [0.5, 0.6) is 0 Å². The molecule has 0 aromatic heterocycles. The van der Waals surface area contributed by atoms with E-state index in [9.17, 15) is 4.79 Å². The van der Waals surface area contributed by atoms with E-state index in [-0.39, 0.29) is 5.97 Å². The molecule has 0 unspecified atom stereocenters. The molecule has 159 valence electrons. The molecule has 0 bridgehead atoms. The van der Waals surface area contributed by atoms with Crippen LogP contribution >= 0.6 is 11.8 Å². The third-order valence-corrected chi connectivity index (χ3v) is 6.37. The normalized spacial score (nSPS) is 11.3. The first-order chi connectivity index (χ1) is 15.5. The van der Waals surface area contributed by atoms with Crippen LogP contribution in [-0.4, -0.2) is 34.0 Å². The van der Waals surface area contributed by atoms with E-state index in [0.717, 1.165) is 16.8 Å². The summed E-state index contributed by atoms with van der Waals surface area (Å²) in [6.07, 6.45) is 3.39. The summed E-state index contributed by atoms with van der Waals surface area (Å²) >= 11 is 1.80. The van der Waals surface area contributed by atoms with Crippen molar-refractivity contribution in [1.29, 1.82) is 0 Å². The molecule has 0 saturated carbocycles. The second-order valence-corrected chi connectivity index (χ2v) is 8.72. The molecule has 0 atom stereocenters. The number of carbonyl (C=O) groups is 1. The van der Waals surface area contributed by atoms with E-state index in [2.05, 4.69) is 74.9 Å². The number of carbonyl (C=O) groups excluding carboxylic acids is 1. The molecule has 0 fully saturated rings. The van der Waals surface area contributed by atoms with Gasteiger partial charge in [-0.15, -0.1) is 11.8 Å². The summed E-state index contributed by atoms with van der Waals surface area (Å²) in [5.74, 6) is 0.676. The molecule has 0 saturated heterocycles. The van der Waals surface area contributed by atoms with E-state index in [1.807, 2.05) is 19.0 Å². The monoisotopic (exact) mass is 437 g/mol. The topological polar surface area (TPSA) is 26.3 Å². The molecule has 3 rings (SSSR count). The predicted molar refractivity (Wildman–Crippen MR) is 139 cm³/mol. The summed E-state index contributed by atoms with van der Waals surface area (Å²) in [6, 6.07) is 23.1. The highest BCUT2D eigenvalue weighted by Gasteiger charge is 2.07. The van der Waals surface area contributed by atoms with Gasteiger partial charge in [-0.1, -0.05) is 78.4 Å². The summed E-state index contributed by atoms with van der Waals surface area (Å²) in [6.45, 7) is 4.14. The SMILES string of the molecule is [B]c1ccc(/C(=C\CSc2ccc(CCC(=O)OC)c(C)c2)c2ccc([B]C)cc2)cc1. The largest absolute Gasteiger partial charge is 0.469 e. The van der Waals surface area contributed by atoms with Crippen LogP contribution in [-0.2, 0) is 16.0 Å². The van der Waals surface area contributed by atoms with Crippen molar-refractivity contribution in [2.45, 2.75) is 31.5 Å². The first kappa shape index (κ1) is 24.0. The highest BCUT2D eigenvalue weighted by Crippen LogP contribution is 2.27. The Morgan fingerprint density at radius 1 is 1.03 bits per heavy atom. The van der Waals surface area contributed by atoms with Crippen LogP contribution in [0.1, 0.15) is 28.7 Å². The number of esters is 1. The van der Waals surface area contributed by atoms with Crippen LogP contribution < -0.4 is 10.9 Å². The summed E-state index contributed by atoms with van der Waals surface area (Å²) < 4.78 is 4.75. The fraction of sp³-hybridized carbons (Fsp3) is 0.222. The lowest BCUT2D eigenvalue weighted by Crippen LogP contribution is -2.09. The highest BCUT2D eigenvalue weighted by atomic mass is 32.2. The number of ether oxygens (including phenoxy) is 1. The molecule has 0 N–H and O–H groups in total. The van der Waals surface area contributed by atoms with Crippen molar-refractivity contribution in [2.24, 2.45) is 0 Å². The molecule has 0 amide bonds. The van der Waals surface area contributed by atoms with Gasteiger partial charge in [0.2, 0.25) is 0 Å². The zero-order valence-electron chi connectivity index (χ0n) is 18.9. The Morgan fingerprint density at radius 2 is 1.69 bits per heavy atom. The minimum Gasteiger partial charge on any atom is -0.469 e. The summed E-state index contributed by atoms with van der Waals surface area (Å²) in [7, 11) is 9.43. The highest BCUT2D eigenvalue weighted by molar-refractivity contribution is 7.99. The van der Waals surface area contributed by atoms with E-state index in [1.54, 1.807) is 11.8 Å². The van der Waals surface area contributed by atoms with Gasteiger partial charge in [0.15, 0.2) is 0 Å². The quantitative estimate of drug-likeness (QED) is 0.280. The van der Waals surface area contributed by atoms with Crippen molar-refractivity contribution in [3.05, 3.63) is 95.1 Å². The summed E-state index contributed by atoms with van der Waals surface area (Å²) in [5.41, 5.74) is 7.91. The fourth-order valence-electron chi connectivity index (χ4n) is 3.52. The second kappa shape index (κ2) is 11.8. The maximum atomic E-state index is 11.4. The van der Waals surface area contributed by atoms with Gasteiger partial charge in [0.05, 0.1) is 7.11 Å². The van der Waals surface area contributed by atoms with Gasteiger partial charge in [0.25, 0.3) is 0 Å². The molecule has 0 heterocycles. The first-order valence-corrected chi connectivity index (χ1v) is 11.7. The Balaban J connectivity index is 1.76. The van der Waals surface area contributed by atoms with Crippen LogP contribution in [0.2, 0.25) is 6.82 Å². The lowest BCUT2D eigenvalue weighted by Gasteiger charge is -2.11. The molecular weight excluding hydrogens is 410 g/mol. The number of methoxy groups -OCH3 is 1. The molecule has 0 aliphatic heterocycles. The van der Waals surface area contributed by atoms with Crippen molar-refractivity contribution in [2.75, 3.05) is 12.9 Å². The lowest BCUT2D eigenvalue weighted by atomic mass is 9.73. The van der Waals surface area contributed by atoms with Gasteiger partial charge in [-0.05, 0) is 53.3 Å². The number of rotatable bonds is 9. The molecule has 0 spiro atoms. The molecular formula is C27H27B2O2S. The first-order valence-electron chi connectivity index (χ1n) is 10.7.